The van der Waals surface area contributed by atoms with E-state index < -0.39 is 0 Å². The van der Waals surface area contributed by atoms with Gasteiger partial charge >= 0.3 is 0 Å². The summed E-state index contributed by atoms with van der Waals surface area (Å²) in [7, 11) is 0. The number of anilines is 1. The molecule has 6 heteroatoms. The van der Waals surface area contributed by atoms with Crippen molar-refractivity contribution in [3.05, 3.63) is 65.2 Å². The summed E-state index contributed by atoms with van der Waals surface area (Å²) >= 11 is 0. The van der Waals surface area contributed by atoms with Crippen molar-refractivity contribution in [1.82, 2.24) is 10.2 Å². The van der Waals surface area contributed by atoms with Gasteiger partial charge in [0.25, 0.3) is 0 Å². The number of carbonyl (C=O) groups is 1. The zero-order chi connectivity index (χ0) is 17.6. The summed E-state index contributed by atoms with van der Waals surface area (Å²) in [4.78, 5) is 14.6. The Hall–Kier alpha value is -1.75. The average Bonchev–Trinajstić information content (AvgIpc) is 2.65. The van der Waals surface area contributed by atoms with Gasteiger partial charge < -0.3 is 11.1 Å². The average molecular weight is 410 g/mol. The molecule has 0 saturated carbocycles. The molecule has 0 spiro atoms. The van der Waals surface area contributed by atoms with Gasteiger partial charge in [-0.25, -0.2) is 0 Å². The van der Waals surface area contributed by atoms with Gasteiger partial charge in [-0.1, -0.05) is 42.5 Å². The summed E-state index contributed by atoms with van der Waals surface area (Å²) in [5, 5.41) is 3.07. The molecule has 1 heterocycles. The summed E-state index contributed by atoms with van der Waals surface area (Å²) in [5.74, 6) is 0.0903. The van der Waals surface area contributed by atoms with Gasteiger partial charge in [-0.05, 0) is 42.5 Å². The number of hydrogen-bond acceptors (Lipinski definition) is 3. The Morgan fingerprint density at radius 1 is 1.11 bits per heavy atom. The number of nitrogen functional groups attached to an aromatic ring is 1. The van der Waals surface area contributed by atoms with Crippen LogP contribution in [-0.4, -0.2) is 29.9 Å². The molecule has 2 aromatic carbocycles. The number of nitrogens with two attached hydrogens (primary N) is 1. The van der Waals surface area contributed by atoms with E-state index in [1.807, 2.05) is 24.3 Å². The minimum absolute atomic E-state index is 0. The van der Waals surface area contributed by atoms with Gasteiger partial charge in [0.1, 0.15) is 0 Å². The lowest BCUT2D eigenvalue weighted by Crippen LogP contribution is -2.44. The summed E-state index contributed by atoms with van der Waals surface area (Å²) < 4.78 is 0. The van der Waals surface area contributed by atoms with Gasteiger partial charge in [0.15, 0.2) is 0 Å². The Bertz CT molecular complexity index is 739. The minimum Gasteiger partial charge on any atom is -0.399 e. The molecule has 1 unspecified atom stereocenters. The van der Waals surface area contributed by atoms with Gasteiger partial charge in [-0.15, -0.1) is 24.8 Å². The fourth-order valence-corrected chi connectivity index (χ4v) is 3.38. The highest BCUT2D eigenvalue weighted by Crippen LogP contribution is 2.20. The van der Waals surface area contributed by atoms with Crippen molar-refractivity contribution < 1.29 is 4.79 Å². The molecule has 1 amide bonds. The quantitative estimate of drug-likeness (QED) is 0.716. The molecule has 0 aromatic heterocycles. The van der Waals surface area contributed by atoms with Crippen LogP contribution in [-0.2, 0) is 24.2 Å². The Morgan fingerprint density at radius 3 is 2.52 bits per heavy atom. The lowest BCUT2D eigenvalue weighted by atomic mass is 9.99. The van der Waals surface area contributed by atoms with Crippen LogP contribution in [0.15, 0.2) is 48.5 Å². The number of rotatable bonds is 6. The molecular weight excluding hydrogens is 381 g/mol. The molecule has 0 aliphatic carbocycles. The third-order valence-electron chi connectivity index (χ3n) is 5.05. The van der Waals surface area contributed by atoms with Crippen LogP contribution < -0.4 is 11.1 Å². The molecule has 0 bridgehead atoms. The SMILES string of the molecule is CC(CNC(=O)CCc1ccccc1N)N1CCc2ccccc2C1.Cl.Cl. The molecule has 0 radical (unpaired) electrons. The van der Waals surface area contributed by atoms with Crippen molar-refractivity contribution in [3.63, 3.8) is 0 Å². The normalized spacial score (nSPS) is 14.3. The van der Waals surface area contributed by atoms with E-state index in [1.54, 1.807) is 0 Å². The molecule has 2 aromatic rings. The van der Waals surface area contributed by atoms with E-state index in [0.717, 1.165) is 30.8 Å². The van der Waals surface area contributed by atoms with Crippen molar-refractivity contribution in [2.24, 2.45) is 0 Å². The number of fused-ring (bicyclic) bond motifs is 1. The predicted molar refractivity (Wildman–Crippen MR) is 117 cm³/mol. The lowest BCUT2D eigenvalue weighted by Gasteiger charge is -2.33. The molecule has 3 N–H and O–H groups in total. The van der Waals surface area contributed by atoms with E-state index in [9.17, 15) is 4.79 Å². The highest BCUT2D eigenvalue weighted by atomic mass is 35.5. The van der Waals surface area contributed by atoms with Gasteiger partial charge in [0.2, 0.25) is 5.91 Å². The number of hydrogen-bond donors (Lipinski definition) is 2. The first-order chi connectivity index (χ1) is 12.1. The first kappa shape index (κ1) is 23.3. The van der Waals surface area contributed by atoms with Gasteiger partial charge in [0, 0.05) is 37.8 Å². The zero-order valence-electron chi connectivity index (χ0n) is 15.7. The first-order valence-electron chi connectivity index (χ1n) is 9.04. The van der Waals surface area contributed by atoms with Gasteiger partial charge in [-0.3, -0.25) is 9.69 Å². The number of aryl methyl sites for hydroxylation is 1. The lowest BCUT2D eigenvalue weighted by molar-refractivity contribution is -0.121. The Labute approximate surface area is 174 Å². The third-order valence-corrected chi connectivity index (χ3v) is 5.05. The molecule has 0 fully saturated rings. The number of para-hydroxylation sites is 1. The second-order valence-corrected chi connectivity index (χ2v) is 6.84. The molecule has 27 heavy (non-hydrogen) atoms. The second kappa shape index (κ2) is 11.2. The number of nitrogens with zero attached hydrogens (tertiary/aromatic N) is 1. The standard InChI is InChI=1S/C21H27N3O.2ClH/c1-16(24-13-12-17-6-2-3-8-19(17)15-24)14-23-21(25)11-10-18-7-4-5-9-20(18)22;;/h2-9,16H,10-15,22H2,1H3,(H,23,25);2*1H. The maximum atomic E-state index is 12.1. The van der Waals surface area contributed by atoms with Crippen molar-refractivity contribution in [2.45, 2.75) is 38.8 Å². The summed E-state index contributed by atoms with van der Waals surface area (Å²) in [6, 6.07) is 16.7. The van der Waals surface area contributed by atoms with Crippen LogP contribution in [0.25, 0.3) is 0 Å². The van der Waals surface area contributed by atoms with E-state index in [-0.39, 0.29) is 30.7 Å². The highest BCUT2D eigenvalue weighted by Gasteiger charge is 2.20. The molecule has 0 saturated heterocycles. The van der Waals surface area contributed by atoms with Crippen LogP contribution in [0.3, 0.4) is 0 Å². The Morgan fingerprint density at radius 2 is 1.78 bits per heavy atom. The molecule has 4 nitrogen and oxygen atoms in total. The monoisotopic (exact) mass is 409 g/mol. The zero-order valence-corrected chi connectivity index (χ0v) is 17.3. The topological polar surface area (TPSA) is 58.4 Å². The molecule has 148 valence electrons. The molecule has 3 rings (SSSR count). The first-order valence-corrected chi connectivity index (χ1v) is 9.04. The fraction of sp³-hybridized carbons (Fsp3) is 0.381. The van der Waals surface area contributed by atoms with Gasteiger partial charge in [0.05, 0.1) is 0 Å². The van der Waals surface area contributed by atoms with Crippen LogP contribution in [0.2, 0.25) is 0 Å². The van der Waals surface area contributed by atoms with Crippen LogP contribution >= 0.6 is 24.8 Å². The smallest absolute Gasteiger partial charge is 0.220 e. The number of benzene rings is 2. The van der Waals surface area contributed by atoms with Crippen LogP contribution in [0.4, 0.5) is 5.69 Å². The molecule has 1 aliphatic heterocycles. The van der Waals surface area contributed by atoms with Crippen molar-refractivity contribution in [3.8, 4) is 0 Å². The molecular formula is C21H29Cl2N3O. The van der Waals surface area contributed by atoms with E-state index in [0.29, 0.717) is 25.4 Å². The highest BCUT2D eigenvalue weighted by molar-refractivity contribution is 5.85. The van der Waals surface area contributed by atoms with Crippen LogP contribution in [0.1, 0.15) is 30.0 Å². The summed E-state index contributed by atoms with van der Waals surface area (Å²) in [5.41, 5.74) is 10.6. The predicted octanol–water partition coefficient (Wildman–Crippen LogP) is 3.61. The Kier molecular flexibility index (Phi) is 9.64. The second-order valence-electron chi connectivity index (χ2n) is 6.84. The molecule has 1 aliphatic rings. The largest absolute Gasteiger partial charge is 0.399 e. The van der Waals surface area contributed by atoms with Crippen molar-refractivity contribution in [1.29, 1.82) is 0 Å². The number of amides is 1. The summed E-state index contributed by atoms with van der Waals surface area (Å²) in [6.45, 7) is 4.89. The maximum absolute atomic E-state index is 12.1. The minimum atomic E-state index is 0. The maximum Gasteiger partial charge on any atom is 0.220 e. The van der Waals surface area contributed by atoms with E-state index in [1.165, 1.54) is 11.1 Å². The van der Waals surface area contributed by atoms with E-state index in [4.69, 9.17) is 5.73 Å². The van der Waals surface area contributed by atoms with E-state index in [2.05, 4.69) is 41.4 Å². The van der Waals surface area contributed by atoms with E-state index >= 15 is 0 Å². The number of carbonyl (C=O) groups excluding carboxylic acids is 1. The fourth-order valence-electron chi connectivity index (χ4n) is 3.38. The van der Waals surface area contributed by atoms with Crippen LogP contribution in [0, 0.1) is 0 Å². The summed E-state index contributed by atoms with van der Waals surface area (Å²) in [6.07, 6.45) is 2.25. The number of halogens is 2. The van der Waals surface area contributed by atoms with Crippen LogP contribution in [0.5, 0.6) is 0 Å². The Balaban J connectivity index is 0.00000182. The van der Waals surface area contributed by atoms with Crippen molar-refractivity contribution in [2.75, 3.05) is 18.8 Å². The molecule has 1 atom stereocenters. The van der Waals surface area contributed by atoms with Gasteiger partial charge in [-0.2, -0.15) is 0 Å². The number of nitrogens with one attached hydrogen (secondary N) is 1. The van der Waals surface area contributed by atoms with Crippen molar-refractivity contribution >= 4 is 36.4 Å². The third kappa shape index (κ3) is 6.42.